The fourth-order valence-corrected chi connectivity index (χ4v) is 3.09. The number of nitrogens with zero attached hydrogens (tertiary/aromatic N) is 4. The van der Waals surface area contributed by atoms with E-state index >= 15 is 0 Å². The van der Waals surface area contributed by atoms with Crippen LogP contribution >= 0.6 is 11.3 Å². The van der Waals surface area contributed by atoms with Gasteiger partial charge in [0.2, 0.25) is 5.13 Å². The zero-order valence-electron chi connectivity index (χ0n) is 13.4. The molecule has 0 aromatic carbocycles. The summed E-state index contributed by atoms with van der Waals surface area (Å²) in [5.74, 6) is -0.211. The van der Waals surface area contributed by atoms with Crippen molar-refractivity contribution in [1.29, 1.82) is 0 Å². The normalized spacial score (nSPS) is 11.8. The second kappa shape index (κ2) is 5.31. The molecule has 120 valence electrons. The van der Waals surface area contributed by atoms with Crippen molar-refractivity contribution in [2.75, 3.05) is 5.73 Å². The molecule has 0 radical (unpaired) electrons. The minimum Gasteiger partial charge on any atom is -0.374 e. The highest BCUT2D eigenvalue weighted by molar-refractivity contribution is 7.15. The molecule has 0 saturated carbocycles. The van der Waals surface area contributed by atoms with Gasteiger partial charge in [-0.3, -0.25) is 9.20 Å². The predicted octanol–water partition coefficient (Wildman–Crippen LogP) is 2.05. The first-order valence-corrected chi connectivity index (χ1v) is 7.97. The molecular weight excluding hydrogens is 312 g/mol. The van der Waals surface area contributed by atoms with E-state index in [1.807, 2.05) is 46.0 Å². The van der Waals surface area contributed by atoms with E-state index in [0.717, 1.165) is 11.2 Å². The average molecular weight is 330 g/mol. The predicted molar refractivity (Wildman–Crippen MR) is 89.5 cm³/mol. The molecule has 8 heteroatoms. The molecule has 3 aromatic rings. The minimum atomic E-state index is -0.673. The van der Waals surface area contributed by atoms with Crippen LogP contribution in [0.15, 0.2) is 18.3 Å². The first kappa shape index (κ1) is 15.4. The maximum absolute atomic E-state index is 12.8. The second-order valence-corrected chi connectivity index (χ2v) is 7.01. The Morgan fingerprint density at radius 3 is 2.74 bits per heavy atom. The lowest BCUT2D eigenvalue weighted by Gasteiger charge is -2.23. The molecule has 3 heterocycles. The molecule has 0 spiro atoms. The SMILES string of the molecule is Cc1ccn2c(C(=O)NC(C)(C)c3nnc(N)s3)c(C)nc2c1. The second-order valence-electron chi connectivity index (χ2n) is 6.00. The Hall–Kier alpha value is -2.48. The largest absolute Gasteiger partial charge is 0.374 e. The summed E-state index contributed by atoms with van der Waals surface area (Å²) < 4.78 is 1.79. The monoisotopic (exact) mass is 330 g/mol. The van der Waals surface area contributed by atoms with Crippen LogP contribution in [0.4, 0.5) is 5.13 Å². The Kier molecular flexibility index (Phi) is 3.56. The molecule has 0 atom stereocenters. The third-order valence-electron chi connectivity index (χ3n) is 3.57. The maximum Gasteiger partial charge on any atom is 0.270 e. The number of hydrogen-bond acceptors (Lipinski definition) is 6. The number of carbonyl (C=O) groups excluding carboxylic acids is 1. The molecule has 1 amide bonds. The maximum atomic E-state index is 12.8. The summed E-state index contributed by atoms with van der Waals surface area (Å²) in [6, 6.07) is 3.89. The van der Waals surface area contributed by atoms with Crippen molar-refractivity contribution in [1.82, 2.24) is 24.9 Å². The van der Waals surface area contributed by atoms with Crippen LogP contribution < -0.4 is 11.1 Å². The lowest BCUT2D eigenvalue weighted by Crippen LogP contribution is -2.41. The smallest absolute Gasteiger partial charge is 0.270 e. The number of aromatic nitrogens is 4. The van der Waals surface area contributed by atoms with Crippen LogP contribution in [0.1, 0.15) is 40.6 Å². The molecular formula is C15H18N6OS. The van der Waals surface area contributed by atoms with Gasteiger partial charge in [-0.15, -0.1) is 10.2 Å². The first-order chi connectivity index (χ1) is 10.8. The van der Waals surface area contributed by atoms with E-state index in [-0.39, 0.29) is 5.91 Å². The van der Waals surface area contributed by atoms with Crippen LogP contribution in [0.3, 0.4) is 0 Å². The van der Waals surface area contributed by atoms with E-state index in [9.17, 15) is 4.79 Å². The van der Waals surface area contributed by atoms with Crippen molar-refractivity contribution in [3.05, 3.63) is 40.3 Å². The number of carbonyl (C=O) groups is 1. The molecule has 0 unspecified atom stereocenters. The number of rotatable bonds is 3. The van der Waals surface area contributed by atoms with E-state index in [2.05, 4.69) is 20.5 Å². The Morgan fingerprint density at radius 2 is 2.09 bits per heavy atom. The van der Waals surface area contributed by atoms with E-state index < -0.39 is 5.54 Å². The number of nitrogen functional groups attached to an aromatic ring is 1. The standard InChI is InChI=1S/C15H18N6OS/c1-8-5-6-21-10(7-8)17-9(2)11(21)12(22)18-15(3,4)13-19-20-14(16)23-13/h5-7H,1-4H3,(H2,16,20)(H,18,22). The number of hydrogen-bond donors (Lipinski definition) is 2. The van der Waals surface area contributed by atoms with E-state index in [4.69, 9.17) is 5.73 Å². The molecule has 3 N–H and O–H groups in total. The summed E-state index contributed by atoms with van der Waals surface area (Å²) in [7, 11) is 0. The van der Waals surface area contributed by atoms with Gasteiger partial charge in [0.05, 0.1) is 11.2 Å². The summed E-state index contributed by atoms with van der Waals surface area (Å²) >= 11 is 1.26. The van der Waals surface area contributed by atoms with Gasteiger partial charge < -0.3 is 11.1 Å². The Labute approximate surface area is 137 Å². The highest BCUT2D eigenvalue weighted by atomic mass is 32.1. The van der Waals surface area contributed by atoms with E-state index in [0.29, 0.717) is 21.5 Å². The van der Waals surface area contributed by atoms with Gasteiger partial charge in [0, 0.05) is 6.20 Å². The van der Waals surface area contributed by atoms with E-state index in [1.54, 1.807) is 4.40 Å². The summed E-state index contributed by atoms with van der Waals surface area (Å²) in [4.78, 5) is 17.2. The molecule has 0 saturated heterocycles. The fraction of sp³-hybridized carbons (Fsp3) is 0.333. The van der Waals surface area contributed by atoms with Gasteiger partial charge in [-0.1, -0.05) is 11.3 Å². The summed E-state index contributed by atoms with van der Waals surface area (Å²) in [6.07, 6.45) is 1.86. The molecule has 3 aromatic heterocycles. The topological polar surface area (TPSA) is 98.2 Å². The summed E-state index contributed by atoms with van der Waals surface area (Å²) in [5.41, 5.74) is 8.01. The molecule has 23 heavy (non-hydrogen) atoms. The van der Waals surface area contributed by atoms with Crippen molar-refractivity contribution in [3.63, 3.8) is 0 Å². The molecule has 0 aliphatic heterocycles. The number of anilines is 1. The van der Waals surface area contributed by atoms with Crippen LogP contribution in [0.25, 0.3) is 5.65 Å². The van der Waals surface area contributed by atoms with Crippen molar-refractivity contribution in [2.24, 2.45) is 0 Å². The van der Waals surface area contributed by atoms with Crippen LogP contribution in [0.5, 0.6) is 0 Å². The highest BCUT2D eigenvalue weighted by Crippen LogP contribution is 2.25. The number of nitrogens with one attached hydrogen (secondary N) is 1. The van der Waals surface area contributed by atoms with Gasteiger partial charge in [0.1, 0.15) is 16.3 Å². The lowest BCUT2D eigenvalue weighted by molar-refractivity contribution is 0.0905. The highest BCUT2D eigenvalue weighted by Gasteiger charge is 2.29. The number of pyridine rings is 1. The zero-order valence-corrected chi connectivity index (χ0v) is 14.2. The Balaban J connectivity index is 1.96. The van der Waals surface area contributed by atoms with Crippen LogP contribution in [-0.2, 0) is 5.54 Å². The van der Waals surface area contributed by atoms with Gasteiger partial charge in [0.15, 0.2) is 0 Å². The summed E-state index contributed by atoms with van der Waals surface area (Å²) in [5, 5.41) is 11.9. The third-order valence-corrected chi connectivity index (χ3v) is 4.65. The van der Waals surface area contributed by atoms with Crippen molar-refractivity contribution >= 4 is 28.0 Å². The quantitative estimate of drug-likeness (QED) is 0.766. The third kappa shape index (κ3) is 2.77. The van der Waals surface area contributed by atoms with Gasteiger partial charge in [0.25, 0.3) is 5.91 Å². The number of aryl methyl sites for hydroxylation is 2. The Bertz CT molecular complexity index is 895. The molecule has 0 aliphatic carbocycles. The van der Waals surface area contributed by atoms with Gasteiger partial charge >= 0.3 is 0 Å². The average Bonchev–Trinajstić information content (AvgIpc) is 3.01. The number of imidazole rings is 1. The van der Waals surface area contributed by atoms with Crippen LogP contribution in [0, 0.1) is 13.8 Å². The van der Waals surface area contributed by atoms with Gasteiger partial charge in [-0.05, 0) is 45.4 Å². The molecule has 0 bridgehead atoms. The van der Waals surface area contributed by atoms with Crippen LogP contribution in [0.2, 0.25) is 0 Å². The van der Waals surface area contributed by atoms with Crippen LogP contribution in [-0.4, -0.2) is 25.5 Å². The molecule has 0 aliphatic rings. The number of fused-ring (bicyclic) bond motifs is 1. The van der Waals surface area contributed by atoms with Crippen molar-refractivity contribution in [3.8, 4) is 0 Å². The fourth-order valence-electron chi connectivity index (χ4n) is 2.42. The number of nitrogens with two attached hydrogens (primary N) is 1. The zero-order chi connectivity index (χ0) is 16.8. The molecule has 7 nitrogen and oxygen atoms in total. The van der Waals surface area contributed by atoms with E-state index in [1.165, 1.54) is 11.3 Å². The van der Waals surface area contributed by atoms with Crippen molar-refractivity contribution in [2.45, 2.75) is 33.2 Å². The van der Waals surface area contributed by atoms with Gasteiger partial charge in [-0.2, -0.15) is 0 Å². The first-order valence-electron chi connectivity index (χ1n) is 7.15. The lowest BCUT2D eigenvalue weighted by atomic mass is 10.1. The minimum absolute atomic E-state index is 0.211. The summed E-state index contributed by atoms with van der Waals surface area (Å²) in [6.45, 7) is 7.56. The van der Waals surface area contributed by atoms with Gasteiger partial charge in [-0.25, -0.2) is 4.98 Å². The van der Waals surface area contributed by atoms with Crippen molar-refractivity contribution < 1.29 is 4.79 Å². The number of amides is 1. The molecule has 3 rings (SSSR count). The molecule has 0 fully saturated rings. The Morgan fingerprint density at radius 1 is 1.35 bits per heavy atom.